The molecule has 21 heavy (non-hydrogen) atoms. The van der Waals surface area contributed by atoms with Gasteiger partial charge in [0.1, 0.15) is 11.9 Å². The number of rotatable bonds is 9. The first-order valence-electron chi connectivity index (χ1n) is 7.85. The van der Waals surface area contributed by atoms with Gasteiger partial charge in [-0.2, -0.15) is 0 Å². The maximum absolute atomic E-state index is 12.3. The third kappa shape index (κ3) is 4.46. The number of phenols is 1. The van der Waals surface area contributed by atoms with Crippen LogP contribution in [0, 0.1) is 0 Å². The van der Waals surface area contributed by atoms with Crippen LogP contribution in [0.4, 0.5) is 5.69 Å². The number of benzene rings is 1. The molecular formula is C17H27NO3. The largest absolute Gasteiger partial charge is 0.505 e. The van der Waals surface area contributed by atoms with Gasteiger partial charge >= 0.3 is 0 Å². The van der Waals surface area contributed by atoms with Crippen molar-refractivity contribution < 1.29 is 15.0 Å². The van der Waals surface area contributed by atoms with Gasteiger partial charge in [-0.1, -0.05) is 32.3 Å². The number of nitrogens with zero attached hydrogens (tertiary/aromatic N) is 1. The van der Waals surface area contributed by atoms with Crippen molar-refractivity contribution in [1.29, 1.82) is 0 Å². The average Bonchev–Trinajstić information content (AvgIpc) is 2.49. The number of hydrogen-bond acceptors (Lipinski definition) is 4. The first-order valence-corrected chi connectivity index (χ1v) is 7.85. The summed E-state index contributed by atoms with van der Waals surface area (Å²) < 4.78 is 0. The van der Waals surface area contributed by atoms with Crippen molar-refractivity contribution in [3.8, 4) is 5.75 Å². The van der Waals surface area contributed by atoms with Gasteiger partial charge in [0.05, 0.1) is 11.3 Å². The van der Waals surface area contributed by atoms with Crippen molar-refractivity contribution in [2.75, 3.05) is 18.0 Å². The van der Waals surface area contributed by atoms with Gasteiger partial charge in [-0.05, 0) is 32.4 Å². The number of aliphatic hydroxyl groups is 1. The van der Waals surface area contributed by atoms with Gasteiger partial charge in [-0.3, -0.25) is 4.79 Å². The molecule has 0 saturated heterocycles. The third-order valence-corrected chi connectivity index (χ3v) is 3.77. The quantitative estimate of drug-likeness (QED) is 0.541. The van der Waals surface area contributed by atoms with Gasteiger partial charge in [0.2, 0.25) is 0 Å². The number of carbonyl (C=O) groups excluding carboxylic acids is 1. The van der Waals surface area contributed by atoms with E-state index in [1.165, 1.54) is 0 Å². The second-order valence-electron chi connectivity index (χ2n) is 5.22. The number of aliphatic hydroxyl groups excluding tert-OH is 1. The van der Waals surface area contributed by atoms with Crippen molar-refractivity contribution >= 4 is 11.5 Å². The number of hydrogen-bond donors (Lipinski definition) is 2. The fourth-order valence-electron chi connectivity index (χ4n) is 2.45. The highest BCUT2D eigenvalue weighted by molar-refractivity contribution is 6.03. The zero-order valence-corrected chi connectivity index (χ0v) is 13.3. The summed E-state index contributed by atoms with van der Waals surface area (Å²) in [6.07, 6.45) is 2.27. The average molecular weight is 293 g/mol. The van der Waals surface area contributed by atoms with Gasteiger partial charge in [0.25, 0.3) is 0 Å². The molecule has 4 heteroatoms. The molecule has 4 nitrogen and oxygen atoms in total. The molecule has 0 spiro atoms. The summed E-state index contributed by atoms with van der Waals surface area (Å²) in [6.45, 7) is 7.57. The van der Waals surface area contributed by atoms with Crippen LogP contribution in [-0.4, -0.2) is 35.2 Å². The maximum atomic E-state index is 12.3. The summed E-state index contributed by atoms with van der Waals surface area (Å²) in [5, 5.41) is 20.3. The van der Waals surface area contributed by atoms with E-state index in [0.29, 0.717) is 12.1 Å². The number of aromatic hydroxyl groups is 1. The number of phenolic OH excluding ortho intramolecular Hbond substituents is 1. The van der Waals surface area contributed by atoms with E-state index in [9.17, 15) is 15.0 Å². The molecule has 0 saturated carbocycles. The van der Waals surface area contributed by atoms with Crippen molar-refractivity contribution in [1.82, 2.24) is 0 Å². The highest BCUT2D eigenvalue weighted by atomic mass is 16.3. The monoisotopic (exact) mass is 293 g/mol. The minimum Gasteiger partial charge on any atom is -0.505 e. The van der Waals surface area contributed by atoms with Crippen LogP contribution in [0.25, 0.3) is 0 Å². The minimum absolute atomic E-state index is 0.0271. The molecule has 0 aliphatic carbocycles. The number of Topliss-reactive ketones (excluding diaryl/α,β-unsaturated/α-hetero) is 1. The van der Waals surface area contributed by atoms with Crippen LogP contribution in [0.2, 0.25) is 0 Å². The molecule has 2 N–H and O–H groups in total. The van der Waals surface area contributed by atoms with E-state index in [-0.39, 0.29) is 11.3 Å². The zero-order valence-electron chi connectivity index (χ0n) is 13.3. The van der Waals surface area contributed by atoms with Gasteiger partial charge < -0.3 is 15.1 Å². The standard InChI is InChI=1S/C17H27NO3/c1-4-7-8-12-15(19)17(21)13-10-9-11-14(16(13)20)18(5-2)6-3/h9-11,15,19-20H,4-8,12H2,1-3H3. The van der Waals surface area contributed by atoms with E-state index >= 15 is 0 Å². The molecule has 1 rings (SSSR count). The van der Waals surface area contributed by atoms with Crippen LogP contribution in [0.1, 0.15) is 56.8 Å². The van der Waals surface area contributed by atoms with Crippen molar-refractivity contribution in [3.05, 3.63) is 23.8 Å². The molecule has 0 bridgehead atoms. The van der Waals surface area contributed by atoms with Crippen LogP contribution in [-0.2, 0) is 0 Å². The van der Waals surface area contributed by atoms with Crippen LogP contribution >= 0.6 is 0 Å². The molecule has 1 aromatic carbocycles. The van der Waals surface area contributed by atoms with E-state index in [0.717, 1.165) is 32.4 Å². The molecule has 0 aliphatic rings. The lowest BCUT2D eigenvalue weighted by atomic mass is 9.99. The Balaban J connectivity index is 2.92. The zero-order chi connectivity index (χ0) is 15.8. The summed E-state index contributed by atoms with van der Waals surface area (Å²) in [5.74, 6) is -0.418. The lowest BCUT2D eigenvalue weighted by Gasteiger charge is -2.23. The Kier molecular flexibility index (Phi) is 7.23. The molecule has 1 aromatic rings. The lowest BCUT2D eigenvalue weighted by Crippen LogP contribution is -2.24. The Hall–Kier alpha value is -1.55. The molecule has 1 unspecified atom stereocenters. The normalized spacial score (nSPS) is 12.2. The van der Waals surface area contributed by atoms with Crippen LogP contribution in [0.3, 0.4) is 0 Å². The molecule has 0 radical (unpaired) electrons. The second-order valence-corrected chi connectivity index (χ2v) is 5.22. The molecular weight excluding hydrogens is 266 g/mol. The highest BCUT2D eigenvalue weighted by Crippen LogP contribution is 2.31. The Morgan fingerprint density at radius 1 is 1.19 bits per heavy atom. The van der Waals surface area contributed by atoms with Crippen LogP contribution < -0.4 is 4.90 Å². The van der Waals surface area contributed by atoms with E-state index in [1.807, 2.05) is 18.7 Å². The summed E-state index contributed by atoms with van der Waals surface area (Å²) in [6, 6.07) is 5.12. The predicted molar refractivity (Wildman–Crippen MR) is 86.1 cm³/mol. The highest BCUT2D eigenvalue weighted by Gasteiger charge is 2.22. The number of anilines is 1. The second kappa shape index (κ2) is 8.67. The lowest BCUT2D eigenvalue weighted by molar-refractivity contribution is 0.0722. The number of unbranched alkanes of at least 4 members (excludes halogenated alkanes) is 2. The van der Waals surface area contributed by atoms with E-state index in [4.69, 9.17) is 0 Å². The first kappa shape index (κ1) is 17.5. The topological polar surface area (TPSA) is 60.8 Å². The number of para-hydroxylation sites is 1. The van der Waals surface area contributed by atoms with Crippen LogP contribution in [0.15, 0.2) is 18.2 Å². The van der Waals surface area contributed by atoms with Crippen LogP contribution in [0.5, 0.6) is 5.75 Å². The van der Waals surface area contributed by atoms with E-state index in [2.05, 4.69) is 6.92 Å². The molecule has 0 amide bonds. The van der Waals surface area contributed by atoms with Gasteiger partial charge in [0.15, 0.2) is 5.78 Å². The molecule has 0 aliphatic heterocycles. The molecule has 0 aromatic heterocycles. The minimum atomic E-state index is -1.03. The summed E-state index contributed by atoms with van der Waals surface area (Å²) >= 11 is 0. The fraction of sp³-hybridized carbons (Fsp3) is 0.588. The summed E-state index contributed by atoms with van der Waals surface area (Å²) in [7, 11) is 0. The Morgan fingerprint density at radius 2 is 1.86 bits per heavy atom. The van der Waals surface area contributed by atoms with Crippen molar-refractivity contribution in [2.45, 2.75) is 52.6 Å². The summed E-state index contributed by atoms with van der Waals surface area (Å²) in [5.41, 5.74) is 0.856. The van der Waals surface area contributed by atoms with E-state index < -0.39 is 11.9 Å². The Labute approximate surface area is 127 Å². The molecule has 0 fully saturated rings. The van der Waals surface area contributed by atoms with Gasteiger partial charge in [-0.25, -0.2) is 0 Å². The number of ketones is 1. The van der Waals surface area contributed by atoms with Gasteiger partial charge in [-0.15, -0.1) is 0 Å². The maximum Gasteiger partial charge on any atom is 0.195 e. The Morgan fingerprint density at radius 3 is 2.43 bits per heavy atom. The first-order chi connectivity index (χ1) is 10.1. The van der Waals surface area contributed by atoms with Gasteiger partial charge in [0, 0.05) is 13.1 Å². The summed E-state index contributed by atoms with van der Waals surface area (Å²) in [4.78, 5) is 14.3. The molecule has 0 heterocycles. The van der Waals surface area contributed by atoms with Crippen molar-refractivity contribution in [2.24, 2.45) is 0 Å². The van der Waals surface area contributed by atoms with E-state index in [1.54, 1.807) is 18.2 Å². The smallest absolute Gasteiger partial charge is 0.195 e. The Bertz CT molecular complexity index is 455. The molecule has 1 atom stereocenters. The number of carbonyl (C=O) groups is 1. The molecule has 118 valence electrons. The predicted octanol–water partition coefficient (Wildman–Crippen LogP) is 3.36. The third-order valence-electron chi connectivity index (χ3n) is 3.77. The SMILES string of the molecule is CCCCCC(O)C(=O)c1cccc(N(CC)CC)c1O. The fourth-order valence-corrected chi connectivity index (χ4v) is 2.45. The van der Waals surface area contributed by atoms with Crippen molar-refractivity contribution in [3.63, 3.8) is 0 Å².